The molecule has 2 unspecified atom stereocenters. The van der Waals surface area contributed by atoms with Crippen molar-refractivity contribution in [3.8, 4) is 5.75 Å². The minimum Gasteiger partial charge on any atom is -0.435 e. The molecule has 4 nitrogen and oxygen atoms in total. The molecule has 2 atom stereocenters. The van der Waals surface area contributed by atoms with E-state index in [-0.39, 0.29) is 11.9 Å². The van der Waals surface area contributed by atoms with Crippen molar-refractivity contribution in [1.29, 1.82) is 0 Å². The maximum atomic E-state index is 12.1. The molecule has 0 saturated carbocycles. The number of aliphatic hydroxyl groups excluding tert-OH is 2. The molecule has 2 N–H and O–H groups in total. The molecule has 1 aromatic carbocycles. The Hall–Kier alpha value is -1.24. The fourth-order valence-corrected chi connectivity index (χ4v) is 2.84. The average Bonchev–Trinajstić information content (AvgIpc) is 2.48. The summed E-state index contributed by atoms with van der Waals surface area (Å²) in [6.07, 6.45) is 0.898. The number of likely N-dealkylation sites (tertiary alicyclic amines) is 1. The third kappa shape index (κ3) is 4.90. The van der Waals surface area contributed by atoms with E-state index in [0.717, 1.165) is 25.9 Å². The number of rotatable bonds is 6. The van der Waals surface area contributed by atoms with E-state index >= 15 is 0 Å². The maximum absolute atomic E-state index is 12.1. The molecule has 124 valence electrons. The zero-order valence-corrected chi connectivity index (χ0v) is 12.7. The predicted molar refractivity (Wildman–Crippen MR) is 78.9 cm³/mol. The Morgan fingerprint density at radius 3 is 2.27 bits per heavy atom. The standard InChI is InChI=1S/C16H23F2NO3/c1-11(20)12-6-8-19(9-7-12)10-15(21)13-2-4-14(5-3-13)22-16(17)18/h2-5,11-12,15-16,20-21H,6-10H2,1H3. The van der Waals surface area contributed by atoms with E-state index < -0.39 is 12.7 Å². The van der Waals surface area contributed by atoms with Gasteiger partial charge in [0.05, 0.1) is 12.2 Å². The lowest BCUT2D eigenvalue weighted by atomic mass is 9.92. The van der Waals surface area contributed by atoms with Crippen LogP contribution in [0, 0.1) is 5.92 Å². The summed E-state index contributed by atoms with van der Waals surface area (Å²) in [6.45, 7) is 1.17. The van der Waals surface area contributed by atoms with Crippen molar-refractivity contribution >= 4 is 0 Å². The van der Waals surface area contributed by atoms with Crippen LogP contribution in [-0.4, -0.2) is 47.5 Å². The molecule has 1 fully saturated rings. The molecule has 2 rings (SSSR count). The van der Waals surface area contributed by atoms with Crippen LogP contribution in [0.3, 0.4) is 0 Å². The first-order valence-electron chi connectivity index (χ1n) is 7.59. The number of hydrogen-bond donors (Lipinski definition) is 2. The van der Waals surface area contributed by atoms with Crippen LogP contribution in [0.2, 0.25) is 0 Å². The van der Waals surface area contributed by atoms with Gasteiger partial charge in [-0.05, 0) is 56.5 Å². The first kappa shape index (κ1) is 17.1. The fraction of sp³-hybridized carbons (Fsp3) is 0.625. The molecule has 1 aliphatic heterocycles. The molecule has 0 spiro atoms. The summed E-state index contributed by atoms with van der Waals surface area (Å²) >= 11 is 0. The first-order chi connectivity index (χ1) is 10.5. The highest BCUT2D eigenvalue weighted by Gasteiger charge is 2.24. The van der Waals surface area contributed by atoms with E-state index in [1.165, 1.54) is 12.1 Å². The maximum Gasteiger partial charge on any atom is 0.387 e. The normalized spacial score (nSPS) is 20.1. The van der Waals surface area contributed by atoms with Crippen LogP contribution in [0.1, 0.15) is 31.4 Å². The van der Waals surface area contributed by atoms with Crippen molar-refractivity contribution < 1.29 is 23.7 Å². The number of hydrogen-bond acceptors (Lipinski definition) is 4. The van der Waals surface area contributed by atoms with Crippen molar-refractivity contribution in [1.82, 2.24) is 4.90 Å². The summed E-state index contributed by atoms with van der Waals surface area (Å²) in [4.78, 5) is 2.16. The summed E-state index contributed by atoms with van der Waals surface area (Å²) in [7, 11) is 0. The van der Waals surface area contributed by atoms with Gasteiger partial charge in [0.15, 0.2) is 0 Å². The van der Waals surface area contributed by atoms with Crippen LogP contribution in [0.5, 0.6) is 5.75 Å². The van der Waals surface area contributed by atoms with Crippen molar-refractivity contribution in [2.75, 3.05) is 19.6 Å². The minimum atomic E-state index is -2.84. The summed E-state index contributed by atoms with van der Waals surface area (Å²) < 4.78 is 28.4. The van der Waals surface area contributed by atoms with Gasteiger partial charge in [-0.2, -0.15) is 8.78 Å². The smallest absolute Gasteiger partial charge is 0.387 e. The first-order valence-corrected chi connectivity index (χ1v) is 7.59. The van der Waals surface area contributed by atoms with Gasteiger partial charge in [-0.1, -0.05) is 12.1 Å². The van der Waals surface area contributed by atoms with Gasteiger partial charge in [-0.25, -0.2) is 0 Å². The molecule has 22 heavy (non-hydrogen) atoms. The third-order valence-electron chi connectivity index (χ3n) is 4.24. The Kier molecular flexibility index (Phi) is 6.11. The Morgan fingerprint density at radius 2 is 1.77 bits per heavy atom. The predicted octanol–water partition coefficient (Wildman–Crippen LogP) is 2.41. The average molecular weight is 315 g/mol. The number of alkyl halides is 2. The number of piperidine rings is 1. The molecule has 0 amide bonds. The van der Waals surface area contributed by atoms with E-state index in [2.05, 4.69) is 9.64 Å². The van der Waals surface area contributed by atoms with Crippen molar-refractivity contribution in [2.24, 2.45) is 5.92 Å². The van der Waals surface area contributed by atoms with Crippen LogP contribution in [0.25, 0.3) is 0 Å². The van der Waals surface area contributed by atoms with Gasteiger partial charge in [0, 0.05) is 6.54 Å². The monoisotopic (exact) mass is 315 g/mol. The Morgan fingerprint density at radius 1 is 1.18 bits per heavy atom. The number of nitrogens with zero attached hydrogens (tertiary/aromatic N) is 1. The molecular formula is C16H23F2NO3. The van der Waals surface area contributed by atoms with E-state index in [0.29, 0.717) is 18.0 Å². The molecule has 1 heterocycles. The number of ether oxygens (including phenoxy) is 1. The Bertz CT molecular complexity index is 445. The molecule has 0 aromatic heterocycles. The van der Waals surface area contributed by atoms with E-state index in [9.17, 15) is 19.0 Å². The quantitative estimate of drug-likeness (QED) is 0.846. The van der Waals surface area contributed by atoms with Crippen LogP contribution in [0.15, 0.2) is 24.3 Å². The van der Waals surface area contributed by atoms with Crippen molar-refractivity contribution in [2.45, 2.75) is 38.6 Å². The molecule has 0 bridgehead atoms. The van der Waals surface area contributed by atoms with E-state index in [1.54, 1.807) is 12.1 Å². The molecular weight excluding hydrogens is 292 g/mol. The van der Waals surface area contributed by atoms with Gasteiger partial charge < -0.3 is 19.8 Å². The lowest BCUT2D eigenvalue weighted by Gasteiger charge is -2.34. The van der Waals surface area contributed by atoms with Gasteiger partial charge in [0.25, 0.3) is 0 Å². The number of aliphatic hydroxyl groups is 2. The summed E-state index contributed by atoms with van der Waals surface area (Å²) in [5.41, 5.74) is 0.680. The Balaban J connectivity index is 1.83. The van der Waals surface area contributed by atoms with Gasteiger partial charge >= 0.3 is 6.61 Å². The second kappa shape index (κ2) is 7.85. The van der Waals surface area contributed by atoms with Crippen LogP contribution in [-0.2, 0) is 0 Å². The molecule has 0 radical (unpaired) electrons. The summed E-state index contributed by atoms with van der Waals surface area (Å²) in [5.74, 6) is 0.419. The number of benzene rings is 1. The highest BCUT2D eigenvalue weighted by molar-refractivity contribution is 5.28. The van der Waals surface area contributed by atoms with E-state index in [1.807, 2.05) is 6.92 Å². The summed E-state index contributed by atoms with van der Waals surface area (Å²) in [6, 6.07) is 6.07. The molecule has 1 aromatic rings. The lowest BCUT2D eigenvalue weighted by molar-refractivity contribution is -0.0498. The van der Waals surface area contributed by atoms with Gasteiger partial charge in [-0.15, -0.1) is 0 Å². The zero-order chi connectivity index (χ0) is 16.1. The van der Waals surface area contributed by atoms with Crippen molar-refractivity contribution in [3.63, 3.8) is 0 Å². The van der Waals surface area contributed by atoms with Gasteiger partial charge in [-0.3, -0.25) is 0 Å². The number of β-amino-alcohol motifs (C(OH)–C–C–N with tert-alkyl or cyclic N) is 1. The summed E-state index contributed by atoms with van der Waals surface area (Å²) in [5, 5.41) is 19.8. The topological polar surface area (TPSA) is 52.9 Å². The van der Waals surface area contributed by atoms with Crippen LogP contribution in [0.4, 0.5) is 8.78 Å². The van der Waals surface area contributed by atoms with Gasteiger partial charge in [0.1, 0.15) is 5.75 Å². The lowest BCUT2D eigenvalue weighted by Crippen LogP contribution is -2.39. The van der Waals surface area contributed by atoms with Crippen LogP contribution >= 0.6 is 0 Å². The highest BCUT2D eigenvalue weighted by Crippen LogP contribution is 2.24. The Labute approximate surface area is 129 Å². The zero-order valence-electron chi connectivity index (χ0n) is 12.7. The largest absolute Gasteiger partial charge is 0.435 e. The van der Waals surface area contributed by atoms with Gasteiger partial charge in [0.2, 0.25) is 0 Å². The highest BCUT2D eigenvalue weighted by atomic mass is 19.3. The molecule has 6 heteroatoms. The van der Waals surface area contributed by atoms with Crippen LogP contribution < -0.4 is 4.74 Å². The molecule has 0 aliphatic carbocycles. The second-order valence-corrected chi connectivity index (χ2v) is 5.84. The minimum absolute atomic E-state index is 0.0868. The van der Waals surface area contributed by atoms with Crippen molar-refractivity contribution in [3.05, 3.63) is 29.8 Å². The SMILES string of the molecule is CC(O)C1CCN(CC(O)c2ccc(OC(F)F)cc2)CC1. The third-order valence-corrected chi connectivity index (χ3v) is 4.24. The second-order valence-electron chi connectivity index (χ2n) is 5.84. The molecule has 1 saturated heterocycles. The fourth-order valence-electron chi connectivity index (χ4n) is 2.84. The van der Waals surface area contributed by atoms with E-state index in [4.69, 9.17) is 0 Å². The number of halogens is 2. The molecule has 1 aliphatic rings.